The van der Waals surface area contributed by atoms with Crippen molar-refractivity contribution in [2.75, 3.05) is 31.1 Å². The number of benzene rings is 2. The monoisotopic (exact) mass is 457 g/mol. The maximum Gasteiger partial charge on any atom is 0.241 e. The highest BCUT2D eigenvalue weighted by atomic mass is 32.2. The van der Waals surface area contributed by atoms with Gasteiger partial charge in [0.2, 0.25) is 15.9 Å². The largest absolute Gasteiger partial charge is 0.368 e. The van der Waals surface area contributed by atoms with Crippen LogP contribution in [0.3, 0.4) is 0 Å². The summed E-state index contributed by atoms with van der Waals surface area (Å²) >= 11 is 0. The van der Waals surface area contributed by atoms with Crippen LogP contribution in [0.4, 0.5) is 5.69 Å². The Labute approximate surface area is 192 Å². The molecule has 1 amide bonds. The van der Waals surface area contributed by atoms with E-state index < -0.39 is 16.1 Å². The van der Waals surface area contributed by atoms with Crippen molar-refractivity contribution in [2.24, 2.45) is 5.92 Å². The van der Waals surface area contributed by atoms with E-state index in [1.165, 1.54) is 16.8 Å². The molecule has 1 saturated heterocycles. The minimum absolute atomic E-state index is 0.144. The average molecular weight is 458 g/mol. The molecular formula is C25H35N3O3S. The smallest absolute Gasteiger partial charge is 0.241 e. The molecule has 1 aliphatic rings. The Bertz CT molecular complexity index is 1040. The fourth-order valence-corrected chi connectivity index (χ4v) is 5.31. The molecule has 0 aromatic heterocycles. The number of hydrogen-bond acceptors (Lipinski definition) is 4. The number of rotatable bonds is 7. The van der Waals surface area contributed by atoms with Crippen molar-refractivity contribution in [3.8, 4) is 0 Å². The molecule has 1 fully saturated rings. The summed E-state index contributed by atoms with van der Waals surface area (Å²) in [4.78, 5) is 17.6. The van der Waals surface area contributed by atoms with E-state index in [4.69, 9.17) is 0 Å². The lowest BCUT2D eigenvalue weighted by Gasteiger charge is -2.38. The number of nitrogens with zero attached hydrogens (tertiary/aromatic N) is 2. The number of anilines is 1. The Morgan fingerprint density at radius 2 is 1.59 bits per heavy atom. The molecule has 2 aromatic rings. The number of amides is 1. The van der Waals surface area contributed by atoms with Crippen LogP contribution >= 0.6 is 0 Å². The second-order valence-electron chi connectivity index (χ2n) is 9.15. The lowest BCUT2D eigenvalue weighted by atomic mass is 10.0. The summed E-state index contributed by atoms with van der Waals surface area (Å²) < 4.78 is 28.6. The predicted octanol–water partition coefficient (Wildman–Crippen LogP) is 3.65. The van der Waals surface area contributed by atoms with Gasteiger partial charge in [0.1, 0.15) is 6.04 Å². The Hall–Kier alpha value is -2.38. The summed E-state index contributed by atoms with van der Waals surface area (Å²) in [6.45, 7) is 12.8. The van der Waals surface area contributed by atoms with Crippen molar-refractivity contribution in [1.82, 2.24) is 9.62 Å². The lowest BCUT2D eigenvalue weighted by molar-refractivity contribution is -0.133. The first kappa shape index (κ1) is 24.3. The molecule has 1 aliphatic heterocycles. The first-order chi connectivity index (χ1) is 15.1. The predicted molar refractivity (Wildman–Crippen MR) is 129 cm³/mol. The molecule has 0 aliphatic carbocycles. The molecule has 1 unspecified atom stereocenters. The zero-order chi connectivity index (χ0) is 23.5. The summed E-state index contributed by atoms with van der Waals surface area (Å²) in [5.74, 6) is 0.0379. The summed E-state index contributed by atoms with van der Waals surface area (Å²) in [7, 11) is -3.78. The summed E-state index contributed by atoms with van der Waals surface area (Å²) in [5, 5.41) is 0. The molecule has 174 valence electrons. The van der Waals surface area contributed by atoms with Crippen LogP contribution in [0.1, 0.15) is 37.0 Å². The zero-order valence-corrected chi connectivity index (χ0v) is 20.6. The lowest BCUT2D eigenvalue weighted by Crippen LogP contribution is -2.55. The zero-order valence-electron chi connectivity index (χ0n) is 19.8. The van der Waals surface area contributed by atoms with Crippen LogP contribution in [-0.4, -0.2) is 51.4 Å². The second-order valence-corrected chi connectivity index (χ2v) is 10.9. The Kier molecular flexibility index (Phi) is 7.62. The van der Waals surface area contributed by atoms with Crippen molar-refractivity contribution in [3.05, 3.63) is 59.2 Å². The number of carbonyl (C=O) groups is 1. The van der Waals surface area contributed by atoms with E-state index in [9.17, 15) is 13.2 Å². The van der Waals surface area contributed by atoms with Crippen molar-refractivity contribution in [3.63, 3.8) is 0 Å². The number of nitrogens with one attached hydrogen (secondary N) is 1. The van der Waals surface area contributed by atoms with Gasteiger partial charge in [0, 0.05) is 31.9 Å². The second kappa shape index (κ2) is 10.0. The van der Waals surface area contributed by atoms with Crippen LogP contribution in [0.25, 0.3) is 0 Å². The van der Waals surface area contributed by atoms with Gasteiger partial charge in [0.05, 0.1) is 4.90 Å². The third kappa shape index (κ3) is 5.70. The molecule has 1 N–H and O–H groups in total. The number of sulfonamides is 1. The van der Waals surface area contributed by atoms with Gasteiger partial charge in [-0.2, -0.15) is 4.72 Å². The van der Waals surface area contributed by atoms with Gasteiger partial charge < -0.3 is 9.80 Å². The van der Waals surface area contributed by atoms with Crippen molar-refractivity contribution in [2.45, 2.75) is 52.0 Å². The first-order valence-electron chi connectivity index (χ1n) is 11.3. The molecule has 0 bridgehead atoms. The highest BCUT2D eigenvalue weighted by molar-refractivity contribution is 7.89. The highest BCUT2D eigenvalue weighted by Gasteiger charge is 2.32. The van der Waals surface area contributed by atoms with Crippen LogP contribution in [0.5, 0.6) is 0 Å². The maximum atomic E-state index is 13.3. The van der Waals surface area contributed by atoms with E-state index in [0.717, 1.165) is 18.7 Å². The van der Waals surface area contributed by atoms with Crippen LogP contribution in [0, 0.1) is 26.7 Å². The van der Waals surface area contributed by atoms with Gasteiger partial charge >= 0.3 is 0 Å². The molecule has 3 rings (SSSR count). The van der Waals surface area contributed by atoms with E-state index in [1.54, 1.807) is 29.2 Å². The number of piperazine rings is 1. The minimum atomic E-state index is -3.78. The molecule has 0 saturated carbocycles. The van der Waals surface area contributed by atoms with E-state index in [0.29, 0.717) is 19.5 Å². The molecular weight excluding hydrogens is 422 g/mol. The van der Waals surface area contributed by atoms with Gasteiger partial charge in [-0.1, -0.05) is 43.7 Å². The number of hydrogen-bond donors (Lipinski definition) is 1. The normalized spacial score (nSPS) is 15.8. The SMILES string of the molecule is Cc1ccc(S(=O)(=O)NC(CC(C)C)C(=O)N2CCN(c3cccc(C)c3C)CC2)cc1. The van der Waals surface area contributed by atoms with Gasteiger partial charge in [0.15, 0.2) is 0 Å². The third-order valence-electron chi connectivity index (χ3n) is 6.14. The maximum absolute atomic E-state index is 13.3. The molecule has 2 aromatic carbocycles. The first-order valence-corrected chi connectivity index (χ1v) is 12.8. The summed E-state index contributed by atoms with van der Waals surface area (Å²) in [5.41, 5.74) is 4.70. The van der Waals surface area contributed by atoms with Crippen molar-refractivity contribution < 1.29 is 13.2 Å². The van der Waals surface area contributed by atoms with E-state index in [2.05, 4.69) is 41.7 Å². The Morgan fingerprint density at radius 1 is 0.969 bits per heavy atom. The van der Waals surface area contributed by atoms with E-state index in [1.807, 2.05) is 20.8 Å². The van der Waals surface area contributed by atoms with Crippen molar-refractivity contribution >= 4 is 21.6 Å². The highest BCUT2D eigenvalue weighted by Crippen LogP contribution is 2.24. The quantitative estimate of drug-likeness (QED) is 0.689. The van der Waals surface area contributed by atoms with Crippen molar-refractivity contribution in [1.29, 1.82) is 0 Å². The molecule has 0 radical (unpaired) electrons. The standard InChI is InChI=1S/C25H35N3O3S/c1-18(2)17-23(26-32(30,31)22-11-9-19(3)10-12-22)25(29)28-15-13-27(14-16-28)24-8-6-7-20(4)21(24)5/h6-12,18,23,26H,13-17H2,1-5H3. The van der Waals surface area contributed by atoms with Gasteiger partial charge in [-0.15, -0.1) is 0 Å². The molecule has 1 heterocycles. The third-order valence-corrected chi connectivity index (χ3v) is 7.63. The molecule has 7 heteroatoms. The van der Waals surface area contributed by atoms with Gasteiger partial charge in [-0.25, -0.2) is 8.42 Å². The minimum Gasteiger partial charge on any atom is -0.368 e. The molecule has 6 nitrogen and oxygen atoms in total. The average Bonchev–Trinajstić information content (AvgIpc) is 2.75. The summed E-state index contributed by atoms with van der Waals surface area (Å²) in [6.07, 6.45) is 0.459. The van der Waals surface area contributed by atoms with Gasteiger partial charge in [-0.3, -0.25) is 4.79 Å². The van der Waals surface area contributed by atoms with Crippen LogP contribution in [0.2, 0.25) is 0 Å². The molecule has 32 heavy (non-hydrogen) atoms. The van der Waals surface area contributed by atoms with Crippen LogP contribution in [0.15, 0.2) is 47.4 Å². The number of carbonyl (C=O) groups excluding carboxylic acids is 1. The number of aryl methyl sites for hydroxylation is 2. The molecule has 0 spiro atoms. The van der Waals surface area contributed by atoms with Crippen LogP contribution in [-0.2, 0) is 14.8 Å². The fourth-order valence-electron chi connectivity index (χ4n) is 4.11. The van der Waals surface area contributed by atoms with Crippen LogP contribution < -0.4 is 9.62 Å². The fraction of sp³-hybridized carbons (Fsp3) is 0.480. The summed E-state index contributed by atoms with van der Waals surface area (Å²) in [6, 6.07) is 12.2. The van der Waals surface area contributed by atoms with Gasteiger partial charge in [0.25, 0.3) is 0 Å². The van der Waals surface area contributed by atoms with Gasteiger partial charge in [-0.05, 0) is 62.4 Å². The molecule has 1 atom stereocenters. The Balaban J connectivity index is 1.71. The van der Waals surface area contributed by atoms with E-state index in [-0.39, 0.29) is 16.7 Å². The van der Waals surface area contributed by atoms with E-state index >= 15 is 0 Å². The Morgan fingerprint density at radius 3 is 2.19 bits per heavy atom. The topological polar surface area (TPSA) is 69.7 Å².